The maximum absolute atomic E-state index is 10.7. The van der Waals surface area contributed by atoms with E-state index in [-0.39, 0.29) is 0 Å². The zero-order chi connectivity index (χ0) is 24.9. The molecule has 1 N–H and O–H groups in total. The Morgan fingerprint density at radius 3 is 1.68 bits per heavy atom. The number of aryl methyl sites for hydroxylation is 1. The lowest BCUT2D eigenvalue weighted by molar-refractivity contribution is -0.903. The zero-order valence-electron chi connectivity index (χ0n) is 23.0. The summed E-state index contributed by atoms with van der Waals surface area (Å²) in [6.45, 7) is 4.46. The summed E-state index contributed by atoms with van der Waals surface area (Å²) in [5.41, 5.74) is 3.02. The van der Waals surface area contributed by atoms with Gasteiger partial charge in [-0.1, -0.05) is 115 Å². The van der Waals surface area contributed by atoms with Crippen LogP contribution in [0.1, 0.15) is 134 Å². The van der Waals surface area contributed by atoms with Crippen LogP contribution in [0.25, 0.3) is 0 Å². The average molecular weight is 475 g/mol. The molecule has 0 saturated heterocycles. The molecule has 0 amide bonds. The molecule has 196 valence electrons. The van der Waals surface area contributed by atoms with Gasteiger partial charge >= 0.3 is 5.97 Å². The lowest BCUT2D eigenvalue weighted by atomic mass is 9.99. The van der Waals surface area contributed by atoms with Gasteiger partial charge in [-0.3, -0.25) is 4.79 Å². The molecule has 0 heterocycles. The van der Waals surface area contributed by atoms with E-state index in [0.29, 0.717) is 6.42 Å². The predicted octanol–water partition coefficient (Wildman–Crippen LogP) is 8.93. The number of hydrogen-bond acceptors (Lipinski definition) is 1. The van der Waals surface area contributed by atoms with Crippen molar-refractivity contribution < 1.29 is 14.4 Å². The second-order valence-electron chi connectivity index (χ2n) is 11.1. The molecule has 0 aliphatic heterocycles. The first-order chi connectivity index (χ1) is 16.4. The van der Waals surface area contributed by atoms with Crippen LogP contribution < -0.4 is 0 Å². The van der Waals surface area contributed by atoms with Crippen LogP contribution in [0.4, 0.5) is 0 Å². The van der Waals surface area contributed by atoms with E-state index in [1.807, 2.05) is 0 Å². The summed E-state index contributed by atoms with van der Waals surface area (Å²) in [4.78, 5) is 10.7. The van der Waals surface area contributed by atoms with Gasteiger partial charge in [0.1, 0.15) is 6.54 Å². The number of nitrogens with zero attached hydrogens (tertiary/aromatic N) is 1. The number of carboxylic acids is 1. The number of carbonyl (C=O) groups is 1. The number of rotatable bonds is 23. The third-order valence-corrected chi connectivity index (χ3v) is 7.17. The molecule has 0 atom stereocenters. The van der Waals surface area contributed by atoms with Crippen LogP contribution in [-0.4, -0.2) is 36.2 Å². The minimum atomic E-state index is -0.675. The topological polar surface area (TPSA) is 37.3 Å². The predicted molar refractivity (Wildman–Crippen MR) is 147 cm³/mol. The van der Waals surface area contributed by atoms with Crippen LogP contribution in [0.3, 0.4) is 0 Å². The maximum Gasteiger partial charge on any atom is 0.303 e. The van der Waals surface area contributed by atoms with Crippen molar-refractivity contribution in [2.45, 2.75) is 135 Å². The molecule has 3 nitrogen and oxygen atoms in total. The largest absolute Gasteiger partial charge is 0.481 e. The third-order valence-electron chi connectivity index (χ3n) is 7.17. The number of unbranched alkanes of at least 4 members (excludes halogenated alkanes) is 15. The summed E-state index contributed by atoms with van der Waals surface area (Å²) in [5, 5.41) is 8.79. The van der Waals surface area contributed by atoms with Crippen molar-refractivity contribution in [1.29, 1.82) is 0 Å². The smallest absolute Gasteiger partial charge is 0.303 e. The zero-order valence-corrected chi connectivity index (χ0v) is 23.0. The molecule has 0 aliphatic rings. The Morgan fingerprint density at radius 2 is 1.15 bits per heavy atom. The highest BCUT2D eigenvalue weighted by Crippen LogP contribution is 2.19. The van der Waals surface area contributed by atoms with Crippen molar-refractivity contribution in [3.63, 3.8) is 0 Å². The number of benzene rings is 1. The van der Waals surface area contributed by atoms with Gasteiger partial charge in [0.25, 0.3) is 0 Å². The first kappa shape index (κ1) is 30.7. The van der Waals surface area contributed by atoms with Crippen molar-refractivity contribution in [1.82, 2.24) is 0 Å². The molecule has 0 aromatic heterocycles. The lowest BCUT2D eigenvalue weighted by Gasteiger charge is -2.31. The van der Waals surface area contributed by atoms with Crippen molar-refractivity contribution in [3.8, 4) is 0 Å². The van der Waals surface area contributed by atoms with E-state index < -0.39 is 5.97 Å². The van der Waals surface area contributed by atoms with E-state index in [9.17, 15) is 4.79 Å². The van der Waals surface area contributed by atoms with Gasteiger partial charge in [-0.05, 0) is 37.7 Å². The monoisotopic (exact) mass is 474 g/mol. The molecular formula is C31H56NO2+. The SMILES string of the molecule is CCCCCCCCCCCCCCCCc1ccccc1C[N+](C)(C)CCCCCC(=O)O. The first-order valence-corrected chi connectivity index (χ1v) is 14.5. The van der Waals surface area contributed by atoms with E-state index in [1.54, 1.807) is 0 Å². The summed E-state index contributed by atoms with van der Waals surface area (Å²) in [6, 6.07) is 9.00. The van der Waals surface area contributed by atoms with E-state index in [0.717, 1.165) is 36.8 Å². The summed E-state index contributed by atoms with van der Waals surface area (Å²) in [7, 11) is 4.61. The first-order valence-electron chi connectivity index (χ1n) is 14.5. The number of carboxylic acid groups (broad SMARTS) is 1. The Bertz CT molecular complexity index is 626. The van der Waals surface area contributed by atoms with Crippen LogP contribution >= 0.6 is 0 Å². The average Bonchev–Trinajstić information content (AvgIpc) is 2.79. The second kappa shape index (κ2) is 19.9. The molecule has 0 radical (unpaired) electrons. The molecule has 1 rings (SSSR count). The summed E-state index contributed by atoms with van der Waals surface area (Å²) in [6.07, 6.45) is 24.1. The molecule has 0 spiro atoms. The molecule has 1 aromatic carbocycles. The van der Waals surface area contributed by atoms with Crippen molar-refractivity contribution in [2.24, 2.45) is 0 Å². The Hall–Kier alpha value is -1.35. The quantitative estimate of drug-likeness (QED) is 0.127. The Labute approximate surface area is 211 Å². The molecular weight excluding hydrogens is 418 g/mol. The molecule has 0 aliphatic carbocycles. The highest BCUT2D eigenvalue weighted by molar-refractivity contribution is 5.66. The summed E-state index contributed by atoms with van der Waals surface area (Å²) >= 11 is 0. The van der Waals surface area contributed by atoms with Gasteiger partial charge < -0.3 is 9.59 Å². The maximum atomic E-state index is 10.7. The van der Waals surface area contributed by atoms with E-state index >= 15 is 0 Å². The van der Waals surface area contributed by atoms with E-state index in [4.69, 9.17) is 5.11 Å². The summed E-state index contributed by atoms with van der Waals surface area (Å²) in [5.74, 6) is -0.675. The fraction of sp³-hybridized carbons (Fsp3) is 0.774. The van der Waals surface area contributed by atoms with Crippen LogP contribution in [-0.2, 0) is 17.8 Å². The fourth-order valence-electron chi connectivity index (χ4n) is 5.00. The normalized spacial score (nSPS) is 11.7. The Kier molecular flexibility index (Phi) is 18.0. The molecule has 0 fully saturated rings. The molecule has 3 heteroatoms. The summed E-state index contributed by atoms with van der Waals surface area (Å²) < 4.78 is 0.975. The van der Waals surface area contributed by atoms with Crippen molar-refractivity contribution >= 4 is 5.97 Å². The minimum absolute atomic E-state index is 0.301. The fourth-order valence-corrected chi connectivity index (χ4v) is 5.00. The Morgan fingerprint density at radius 1 is 0.676 bits per heavy atom. The van der Waals surface area contributed by atoms with Gasteiger partial charge in [0.2, 0.25) is 0 Å². The number of hydrogen-bond donors (Lipinski definition) is 1. The van der Waals surface area contributed by atoms with E-state index in [2.05, 4.69) is 45.3 Å². The van der Waals surface area contributed by atoms with Crippen LogP contribution in [0.15, 0.2) is 24.3 Å². The minimum Gasteiger partial charge on any atom is -0.481 e. The van der Waals surface area contributed by atoms with Gasteiger partial charge in [-0.25, -0.2) is 0 Å². The second-order valence-corrected chi connectivity index (χ2v) is 11.1. The van der Waals surface area contributed by atoms with Gasteiger partial charge in [0.05, 0.1) is 20.6 Å². The van der Waals surface area contributed by atoms with Crippen molar-refractivity contribution in [3.05, 3.63) is 35.4 Å². The number of quaternary nitrogens is 1. The molecule has 0 saturated carbocycles. The third kappa shape index (κ3) is 17.1. The standard InChI is InChI=1S/C31H55NO2/c1-4-5-6-7-8-9-10-11-12-13-14-15-16-18-23-29-24-20-21-25-30(29)28-32(2,3)27-22-17-19-26-31(33)34/h20-21,24-25H,4-19,22-23,26-28H2,1-3H3/p+1. The lowest BCUT2D eigenvalue weighted by Crippen LogP contribution is -2.39. The van der Waals surface area contributed by atoms with Gasteiger partial charge in [0.15, 0.2) is 0 Å². The molecule has 34 heavy (non-hydrogen) atoms. The van der Waals surface area contributed by atoms with Crippen molar-refractivity contribution in [2.75, 3.05) is 20.6 Å². The van der Waals surface area contributed by atoms with Crippen LogP contribution in [0, 0.1) is 0 Å². The van der Waals surface area contributed by atoms with Gasteiger partial charge in [-0.15, -0.1) is 0 Å². The van der Waals surface area contributed by atoms with Gasteiger partial charge in [0, 0.05) is 12.0 Å². The van der Waals surface area contributed by atoms with Gasteiger partial charge in [-0.2, -0.15) is 0 Å². The molecule has 0 unspecified atom stereocenters. The Balaban J connectivity index is 2.13. The number of aliphatic carboxylic acids is 1. The van der Waals surface area contributed by atoms with E-state index in [1.165, 1.54) is 107 Å². The molecule has 0 bridgehead atoms. The highest BCUT2D eigenvalue weighted by atomic mass is 16.4. The van der Waals surface area contributed by atoms with Crippen LogP contribution in [0.5, 0.6) is 0 Å². The highest BCUT2D eigenvalue weighted by Gasteiger charge is 2.17. The van der Waals surface area contributed by atoms with Crippen LogP contribution in [0.2, 0.25) is 0 Å². The molecule has 1 aromatic rings.